The molecule has 1 aliphatic heterocycles. The average molecular weight is 445 g/mol. The van der Waals surface area contributed by atoms with Crippen LogP contribution in [0.2, 0.25) is 0 Å². The molecule has 0 bridgehead atoms. The molecule has 2 amide bonds. The van der Waals surface area contributed by atoms with E-state index in [0.717, 1.165) is 49.8 Å². The van der Waals surface area contributed by atoms with Crippen LogP contribution >= 0.6 is 0 Å². The van der Waals surface area contributed by atoms with Crippen LogP contribution in [-0.4, -0.2) is 48.6 Å². The van der Waals surface area contributed by atoms with Crippen LogP contribution < -0.4 is 5.32 Å². The number of nitrogens with zero attached hydrogens (tertiary/aromatic N) is 1. The van der Waals surface area contributed by atoms with Crippen LogP contribution in [-0.2, 0) is 20.7 Å². The fourth-order valence-corrected chi connectivity index (χ4v) is 4.09. The van der Waals surface area contributed by atoms with Gasteiger partial charge in [-0.25, -0.2) is 0 Å². The number of hydrogen-bond acceptors (Lipinski definition) is 4. The van der Waals surface area contributed by atoms with Crippen molar-refractivity contribution in [3.63, 3.8) is 0 Å². The number of piperidine rings is 1. The van der Waals surface area contributed by atoms with E-state index in [2.05, 4.69) is 18.5 Å². The predicted molar refractivity (Wildman–Crippen MR) is 127 cm³/mol. The summed E-state index contributed by atoms with van der Waals surface area (Å²) in [5.41, 5.74) is 0.926. The lowest BCUT2D eigenvalue weighted by atomic mass is 9.80. The van der Waals surface area contributed by atoms with Gasteiger partial charge in [-0.15, -0.1) is 13.2 Å². The van der Waals surface area contributed by atoms with Crippen LogP contribution in [0, 0.1) is 5.92 Å². The van der Waals surface area contributed by atoms with Crippen molar-refractivity contribution in [1.29, 1.82) is 0 Å². The van der Waals surface area contributed by atoms with Gasteiger partial charge >= 0.3 is 0 Å². The number of hydrogen-bond donors (Lipinski definition) is 1. The highest BCUT2D eigenvalue weighted by Gasteiger charge is 2.42. The minimum atomic E-state index is -0.755. The smallest absolute Gasteiger partial charge is 0.235 e. The topological polar surface area (TPSA) is 71.8 Å². The van der Waals surface area contributed by atoms with Crippen molar-refractivity contribution in [2.45, 2.75) is 77.4 Å². The van der Waals surface area contributed by atoms with Crippen LogP contribution in [0.15, 0.2) is 42.1 Å². The number of aryl methyl sites for hydroxylation is 1. The largest absolute Gasteiger partial charge is 0.469 e. The van der Waals surface area contributed by atoms with Crippen LogP contribution in [0.4, 0.5) is 0 Å². The second kappa shape index (κ2) is 13.3. The van der Waals surface area contributed by atoms with Crippen molar-refractivity contribution >= 4 is 11.8 Å². The molecule has 0 saturated carbocycles. The van der Waals surface area contributed by atoms with E-state index >= 15 is 0 Å². The van der Waals surface area contributed by atoms with Crippen molar-refractivity contribution < 1.29 is 18.7 Å². The molecule has 32 heavy (non-hydrogen) atoms. The molecule has 0 spiro atoms. The highest BCUT2D eigenvalue weighted by atomic mass is 16.5. The molecular formula is C26H40N2O4. The molecule has 1 saturated heterocycles. The summed E-state index contributed by atoms with van der Waals surface area (Å²) in [6.07, 6.45) is 10.7. The zero-order valence-corrected chi connectivity index (χ0v) is 20.0. The number of rotatable bonds is 14. The number of ether oxygens (including phenoxy) is 1. The number of carbonyl (C=O) groups is 2. The van der Waals surface area contributed by atoms with Crippen molar-refractivity contribution in [2.75, 3.05) is 19.7 Å². The van der Waals surface area contributed by atoms with Gasteiger partial charge in [0.25, 0.3) is 0 Å². The van der Waals surface area contributed by atoms with Gasteiger partial charge in [-0.1, -0.05) is 12.2 Å². The SMILES string of the molecule is C=CCCCCN1CC[C@@H](c2coc(CCC=C)c2)[C@@H](C(=O)NC(C)COC(C)C)C1=O. The van der Waals surface area contributed by atoms with Gasteiger partial charge in [0.05, 0.1) is 19.0 Å². The molecule has 6 heteroatoms. The lowest BCUT2D eigenvalue weighted by molar-refractivity contribution is -0.146. The Labute approximate surface area is 193 Å². The van der Waals surface area contributed by atoms with Gasteiger partial charge in [-0.05, 0) is 64.5 Å². The van der Waals surface area contributed by atoms with E-state index in [-0.39, 0.29) is 29.9 Å². The van der Waals surface area contributed by atoms with E-state index < -0.39 is 5.92 Å². The van der Waals surface area contributed by atoms with Gasteiger partial charge in [-0.2, -0.15) is 0 Å². The molecule has 1 aliphatic rings. The zero-order chi connectivity index (χ0) is 23.5. The third kappa shape index (κ3) is 7.66. The molecule has 1 unspecified atom stereocenters. The third-order valence-electron chi connectivity index (χ3n) is 5.82. The molecule has 6 nitrogen and oxygen atoms in total. The van der Waals surface area contributed by atoms with Gasteiger partial charge in [0.15, 0.2) is 0 Å². The summed E-state index contributed by atoms with van der Waals surface area (Å²) < 4.78 is 11.3. The van der Waals surface area contributed by atoms with Crippen LogP contribution in [0.3, 0.4) is 0 Å². The van der Waals surface area contributed by atoms with Crippen LogP contribution in [0.1, 0.15) is 70.1 Å². The van der Waals surface area contributed by atoms with Crippen LogP contribution in [0.25, 0.3) is 0 Å². The lowest BCUT2D eigenvalue weighted by Crippen LogP contribution is -2.52. The molecule has 1 aromatic heterocycles. The lowest BCUT2D eigenvalue weighted by Gasteiger charge is -2.37. The summed E-state index contributed by atoms with van der Waals surface area (Å²) in [5.74, 6) is -0.411. The van der Waals surface area contributed by atoms with E-state index in [9.17, 15) is 9.59 Å². The quantitative estimate of drug-likeness (QED) is 0.258. The van der Waals surface area contributed by atoms with E-state index in [1.54, 1.807) is 6.26 Å². The highest BCUT2D eigenvalue weighted by molar-refractivity contribution is 6.02. The van der Waals surface area contributed by atoms with E-state index in [0.29, 0.717) is 19.7 Å². The number of unbranched alkanes of at least 4 members (excludes halogenated alkanes) is 2. The van der Waals surface area contributed by atoms with Crippen molar-refractivity contribution in [3.05, 3.63) is 49.0 Å². The fraction of sp³-hybridized carbons (Fsp3) is 0.615. The molecule has 0 aromatic carbocycles. The van der Waals surface area contributed by atoms with Crippen molar-refractivity contribution in [1.82, 2.24) is 10.2 Å². The van der Waals surface area contributed by atoms with Crippen molar-refractivity contribution in [2.24, 2.45) is 5.92 Å². The molecule has 1 fully saturated rings. The monoisotopic (exact) mass is 444 g/mol. The molecule has 1 N–H and O–H groups in total. The summed E-state index contributed by atoms with van der Waals surface area (Å²) >= 11 is 0. The first-order chi connectivity index (χ1) is 15.4. The van der Waals surface area contributed by atoms with E-state index in [4.69, 9.17) is 9.15 Å². The number of allylic oxidation sites excluding steroid dienone is 2. The Hall–Kier alpha value is -2.34. The normalized spacial score (nSPS) is 19.8. The maximum atomic E-state index is 13.4. The number of likely N-dealkylation sites (tertiary alicyclic amines) is 1. The maximum Gasteiger partial charge on any atom is 0.235 e. The van der Waals surface area contributed by atoms with Gasteiger partial charge in [0.2, 0.25) is 11.8 Å². The molecular weight excluding hydrogens is 404 g/mol. The predicted octanol–water partition coefficient (Wildman–Crippen LogP) is 4.62. The molecule has 0 radical (unpaired) electrons. The first-order valence-electron chi connectivity index (χ1n) is 11.9. The summed E-state index contributed by atoms with van der Waals surface area (Å²) in [6, 6.07) is 1.82. The Bertz CT molecular complexity index is 755. The number of carbonyl (C=O) groups excluding carboxylic acids is 2. The van der Waals surface area contributed by atoms with Crippen molar-refractivity contribution in [3.8, 4) is 0 Å². The Morgan fingerprint density at radius 3 is 2.72 bits per heavy atom. The minimum Gasteiger partial charge on any atom is -0.469 e. The Kier molecular flexibility index (Phi) is 10.7. The van der Waals surface area contributed by atoms with Gasteiger partial charge in [-0.3, -0.25) is 9.59 Å². The Morgan fingerprint density at radius 2 is 2.03 bits per heavy atom. The molecule has 2 rings (SSSR count). The van der Waals surface area contributed by atoms with Gasteiger partial charge in [0.1, 0.15) is 11.7 Å². The molecule has 0 aliphatic carbocycles. The standard InChI is InChI=1S/C26H40N2O4/c1-6-8-10-11-14-28-15-13-23(21-16-22(32-18-21)12-9-7-2)24(26(28)30)25(29)27-20(5)17-31-19(3)4/h6-7,16,18-20,23-24H,1-2,8-15,17H2,3-5H3,(H,27,29)/t20?,23-,24-/m0/s1. The summed E-state index contributed by atoms with van der Waals surface area (Å²) in [6.45, 7) is 15.1. The Balaban J connectivity index is 2.15. The summed E-state index contributed by atoms with van der Waals surface area (Å²) in [5, 5.41) is 3.00. The molecule has 2 heterocycles. The highest BCUT2D eigenvalue weighted by Crippen LogP contribution is 2.35. The first kappa shape index (κ1) is 25.9. The summed E-state index contributed by atoms with van der Waals surface area (Å²) in [4.78, 5) is 28.5. The number of nitrogens with one attached hydrogen (secondary N) is 1. The fourth-order valence-electron chi connectivity index (χ4n) is 4.09. The number of furan rings is 1. The maximum absolute atomic E-state index is 13.4. The second-order valence-corrected chi connectivity index (χ2v) is 8.95. The second-order valence-electron chi connectivity index (χ2n) is 8.95. The zero-order valence-electron chi connectivity index (χ0n) is 20.0. The third-order valence-corrected chi connectivity index (χ3v) is 5.82. The number of amides is 2. The van der Waals surface area contributed by atoms with Crippen LogP contribution in [0.5, 0.6) is 0 Å². The van der Waals surface area contributed by atoms with E-state index in [1.807, 2.05) is 43.9 Å². The summed E-state index contributed by atoms with van der Waals surface area (Å²) in [7, 11) is 0. The van der Waals surface area contributed by atoms with Gasteiger partial charge < -0.3 is 19.4 Å². The Morgan fingerprint density at radius 1 is 1.28 bits per heavy atom. The van der Waals surface area contributed by atoms with E-state index in [1.165, 1.54) is 0 Å². The minimum absolute atomic E-state index is 0.0874. The first-order valence-corrected chi connectivity index (χ1v) is 11.9. The molecule has 178 valence electrons. The molecule has 1 aromatic rings. The average Bonchev–Trinajstić information content (AvgIpc) is 3.23. The molecule has 3 atom stereocenters. The van der Waals surface area contributed by atoms with Gasteiger partial charge in [0, 0.05) is 31.5 Å².